The molecular weight excluding hydrogens is 260 g/mol. The van der Waals surface area contributed by atoms with Crippen LogP contribution in [-0.2, 0) is 0 Å². The molecule has 21 heavy (non-hydrogen) atoms. The van der Waals surface area contributed by atoms with E-state index < -0.39 is 0 Å². The van der Waals surface area contributed by atoms with Crippen LogP contribution in [-0.4, -0.2) is 13.0 Å². The molecule has 1 amide bonds. The first kappa shape index (κ1) is 15.1. The van der Waals surface area contributed by atoms with Crippen LogP contribution in [0.3, 0.4) is 0 Å². The van der Waals surface area contributed by atoms with E-state index >= 15 is 0 Å². The molecule has 2 aromatic carbocycles. The summed E-state index contributed by atoms with van der Waals surface area (Å²) in [5.74, 6) is 0.274. The lowest BCUT2D eigenvalue weighted by Gasteiger charge is -2.15. The molecule has 0 fully saturated rings. The SMILES string of the molecule is CNc1cc(C)ccc1C(=O)Nc1ccccc1C(C)C. The fraction of sp³-hybridized carbons (Fsp3) is 0.278. The number of anilines is 2. The van der Waals surface area contributed by atoms with Gasteiger partial charge in [0, 0.05) is 18.4 Å². The number of aryl methyl sites for hydroxylation is 1. The van der Waals surface area contributed by atoms with E-state index in [0.717, 1.165) is 22.5 Å². The Kier molecular flexibility index (Phi) is 4.63. The topological polar surface area (TPSA) is 41.1 Å². The smallest absolute Gasteiger partial charge is 0.257 e. The summed E-state index contributed by atoms with van der Waals surface area (Å²) in [7, 11) is 1.83. The second-order valence-electron chi connectivity index (χ2n) is 5.50. The molecule has 0 saturated heterocycles. The third-order valence-electron chi connectivity index (χ3n) is 3.52. The Hall–Kier alpha value is -2.29. The predicted octanol–water partition coefficient (Wildman–Crippen LogP) is 4.41. The van der Waals surface area contributed by atoms with Gasteiger partial charge in [0.1, 0.15) is 0 Å². The van der Waals surface area contributed by atoms with Crippen LogP contribution in [0.2, 0.25) is 0 Å². The Labute approximate surface area is 126 Å². The molecule has 2 rings (SSSR count). The lowest BCUT2D eigenvalue weighted by molar-refractivity contribution is 0.102. The number of carbonyl (C=O) groups excluding carboxylic acids is 1. The van der Waals surface area contributed by atoms with E-state index in [0.29, 0.717) is 11.5 Å². The van der Waals surface area contributed by atoms with Gasteiger partial charge in [0.2, 0.25) is 0 Å². The second-order valence-corrected chi connectivity index (χ2v) is 5.50. The molecule has 2 N–H and O–H groups in total. The van der Waals surface area contributed by atoms with Crippen molar-refractivity contribution in [1.82, 2.24) is 0 Å². The lowest BCUT2D eigenvalue weighted by atomic mass is 10.0. The normalized spacial score (nSPS) is 10.5. The van der Waals surface area contributed by atoms with Crippen LogP contribution >= 0.6 is 0 Å². The second kappa shape index (κ2) is 6.44. The summed E-state index contributed by atoms with van der Waals surface area (Å²) in [4.78, 5) is 12.5. The number of para-hydroxylation sites is 1. The fourth-order valence-corrected chi connectivity index (χ4v) is 2.37. The highest BCUT2D eigenvalue weighted by Crippen LogP contribution is 2.25. The Balaban J connectivity index is 2.31. The number of carbonyl (C=O) groups is 1. The Morgan fingerprint density at radius 2 is 1.76 bits per heavy atom. The van der Waals surface area contributed by atoms with E-state index in [-0.39, 0.29) is 5.91 Å². The molecule has 0 heterocycles. The van der Waals surface area contributed by atoms with Crippen molar-refractivity contribution >= 4 is 17.3 Å². The maximum Gasteiger partial charge on any atom is 0.257 e. The van der Waals surface area contributed by atoms with Crippen LogP contribution in [0.25, 0.3) is 0 Å². The molecule has 0 aromatic heterocycles. The molecule has 0 atom stereocenters. The zero-order valence-corrected chi connectivity index (χ0v) is 13.0. The summed E-state index contributed by atoms with van der Waals surface area (Å²) in [6, 6.07) is 13.7. The minimum absolute atomic E-state index is 0.0903. The molecule has 3 nitrogen and oxygen atoms in total. The maximum atomic E-state index is 12.5. The molecule has 2 aromatic rings. The molecule has 0 unspecified atom stereocenters. The Morgan fingerprint density at radius 3 is 2.43 bits per heavy atom. The van der Waals surface area contributed by atoms with Crippen molar-refractivity contribution in [2.75, 3.05) is 17.7 Å². The van der Waals surface area contributed by atoms with Crippen LogP contribution in [0.5, 0.6) is 0 Å². The highest BCUT2D eigenvalue weighted by molar-refractivity contribution is 6.08. The third kappa shape index (κ3) is 3.43. The number of nitrogens with one attached hydrogen (secondary N) is 2. The van der Waals surface area contributed by atoms with Crippen molar-refractivity contribution in [2.24, 2.45) is 0 Å². The van der Waals surface area contributed by atoms with Gasteiger partial charge in [-0.1, -0.05) is 38.1 Å². The monoisotopic (exact) mass is 282 g/mol. The number of rotatable bonds is 4. The van der Waals surface area contributed by atoms with E-state index in [9.17, 15) is 4.79 Å². The predicted molar refractivity (Wildman–Crippen MR) is 89.2 cm³/mol. The average molecular weight is 282 g/mol. The van der Waals surface area contributed by atoms with Crippen molar-refractivity contribution in [3.8, 4) is 0 Å². The van der Waals surface area contributed by atoms with Crippen LogP contribution in [0.4, 0.5) is 11.4 Å². The summed E-state index contributed by atoms with van der Waals surface area (Å²) >= 11 is 0. The van der Waals surface area contributed by atoms with E-state index in [4.69, 9.17) is 0 Å². The molecule has 3 heteroatoms. The number of benzene rings is 2. The van der Waals surface area contributed by atoms with Gasteiger partial charge in [0.15, 0.2) is 0 Å². The van der Waals surface area contributed by atoms with Crippen molar-refractivity contribution in [3.63, 3.8) is 0 Å². The van der Waals surface area contributed by atoms with Crippen molar-refractivity contribution in [1.29, 1.82) is 0 Å². The standard InChI is InChI=1S/C18H22N2O/c1-12(2)14-7-5-6-8-16(14)20-18(21)15-10-9-13(3)11-17(15)19-4/h5-12,19H,1-4H3,(H,20,21). The Bertz CT molecular complexity index is 647. The van der Waals surface area contributed by atoms with Gasteiger partial charge in [0.05, 0.1) is 5.56 Å². The summed E-state index contributed by atoms with van der Waals surface area (Å²) in [5.41, 5.74) is 4.64. The zero-order chi connectivity index (χ0) is 15.4. The van der Waals surface area contributed by atoms with Crippen molar-refractivity contribution < 1.29 is 4.79 Å². The zero-order valence-electron chi connectivity index (χ0n) is 13.0. The molecule has 0 radical (unpaired) electrons. The van der Waals surface area contributed by atoms with Crippen LogP contribution in [0, 0.1) is 6.92 Å². The first-order chi connectivity index (χ1) is 10.0. The van der Waals surface area contributed by atoms with E-state index in [2.05, 4.69) is 30.5 Å². The van der Waals surface area contributed by atoms with Crippen molar-refractivity contribution in [2.45, 2.75) is 26.7 Å². The molecular formula is C18H22N2O. The van der Waals surface area contributed by atoms with Crippen LogP contribution in [0.1, 0.15) is 41.3 Å². The largest absolute Gasteiger partial charge is 0.387 e. The highest BCUT2D eigenvalue weighted by Gasteiger charge is 2.13. The van der Waals surface area contributed by atoms with Gasteiger partial charge >= 0.3 is 0 Å². The Morgan fingerprint density at radius 1 is 1.05 bits per heavy atom. The van der Waals surface area contributed by atoms with Gasteiger partial charge in [-0.15, -0.1) is 0 Å². The molecule has 0 aliphatic carbocycles. The van der Waals surface area contributed by atoms with Gasteiger partial charge in [-0.3, -0.25) is 4.79 Å². The van der Waals surface area contributed by atoms with E-state index in [1.807, 2.05) is 50.4 Å². The first-order valence-electron chi connectivity index (χ1n) is 7.21. The fourth-order valence-electron chi connectivity index (χ4n) is 2.37. The third-order valence-corrected chi connectivity index (χ3v) is 3.52. The maximum absolute atomic E-state index is 12.5. The summed E-state index contributed by atoms with van der Waals surface area (Å²) in [5, 5.41) is 6.10. The number of hydrogen-bond acceptors (Lipinski definition) is 2. The minimum Gasteiger partial charge on any atom is -0.387 e. The van der Waals surface area contributed by atoms with Crippen LogP contribution < -0.4 is 10.6 Å². The van der Waals surface area contributed by atoms with E-state index in [1.54, 1.807) is 0 Å². The van der Waals surface area contributed by atoms with Gasteiger partial charge in [-0.25, -0.2) is 0 Å². The summed E-state index contributed by atoms with van der Waals surface area (Å²) in [6.07, 6.45) is 0. The quantitative estimate of drug-likeness (QED) is 0.872. The molecule has 0 aliphatic rings. The van der Waals surface area contributed by atoms with Crippen LogP contribution in [0.15, 0.2) is 42.5 Å². The number of hydrogen-bond donors (Lipinski definition) is 2. The lowest BCUT2D eigenvalue weighted by Crippen LogP contribution is -2.15. The van der Waals surface area contributed by atoms with E-state index in [1.165, 1.54) is 0 Å². The summed E-state index contributed by atoms with van der Waals surface area (Å²) in [6.45, 7) is 6.25. The highest BCUT2D eigenvalue weighted by atomic mass is 16.1. The number of amides is 1. The first-order valence-corrected chi connectivity index (χ1v) is 7.21. The van der Waals surface area contributed by atoms with Gasteiger partial charge in [-0.2, -0.15) is 0 Å². The van der Waals surface area contributed by atoms with Gasteiger partial charge < -0.3 is 10.6 Å². The summed E-state index contributed by atoms with van der Waals surface area (Å²) < 4.78 is 0. The molecule has 110 valence electrons. The van der Waals surface area contributed by atoms with Gasteiger partial charge in [0.25, 0.3) is 5.91 Å². The minimum atomic E-state index is -0.0903. The molecule has 0 aliphatic heterocycles. The molecule has 0 saturated carbocycles. The molecule has 0 bridgehead atoms. The van der Waals surface area contributed by atoms with Gasteiger partial charge in [-0.05, 0) is 42.2 Å². The van der Waals surface area contributed by atoms with Crippen molar-refractivity contribution in [3.05, 3.63) is 59.2 Å². The molecule has 0 spiro atoms. The average Bonchev–Trinajstić information content (AvgIpc) is 2.47.